The fourth-order valence-electron chi connectivity index (χ4n) is 1.48. The Balaban J connectivity index is 0.00000180. The third-order valence-electron chi connectivity index (χ3n) is 2.37. The van der Waals surface area contributed by atoms with E-state index in [1.807, 2.05) is 18.2 Å². The summed E-state index contributed by atoms with van der Waals surface area (Å²) in [6, 6.07) is 8.27. The normalized spacial score (nSPS) is 18.4. The molecular weight excluding hydrogens is 268 g/mol. The van der Waals surface area contributed by atoms with E-state index in [0.29, 0.717) is 11.4 Å². The van der Waals surface area contributed by atoms with Gasteiger partial charge in [-0.2, -0.15) is 20.3 Å². The molecule has 3 N–H and O–H groups in total. The smallest absolute Gasteiger partial charge is 0.282 e. The molecule has 0 aliphatic carbocycles. The van der Waals surface area contributed by atoms with E-state index < -0.39 is 17.9 Å². The van der Waals surface area contributed by atoms with Crippen molar-refractivity contribution in [3.8, 4) is 0 Å². The summed E-state index contributed by atoms with van der Waals surface area (Å²) in [5.41, 5.74) is 6.35. The number of azo groups is 1. The molecule has 0 spiro atoms. The van der Waals surface area contributed by atoms with Crippen LogP contribution in [0.1, 0.15) is 6.92 Å². The predicted octanol–water partition coefficient (Wildman–Crippen LogP) is 1.67. The number of carbonyl (C=O) groups excluding carboxylic acids is 1. The van der Waals surface area contributed by atoms with E-state index in [2.05, 4.69) is 15.3 Å². The first kappa shape index (κ1) is 14.8. The van der Waals surface area contributed by atoms with Crippen molar-refractivity contribution in [1.82, 2.24) is 5.01 Å². The molecule has 0 radical (unpaired) electrons. The van der Waals surface area contributed by atoms with Crippen molar-refractivity contribution in [3.05, 3.63) is 30.3 Å². The van der Waals surface area contributed by atoms with Gasteiger partial charge in [-0.3, -0.25) is 10.2 Å². The Morgan fingerprint density at radius 1 is 1.42 bits per heavy atom. The van der Waals surface area contributed by atoms with Crippen molar-refractivity contribution in [1.29, 1.82) is 5.41 Å². The number of carbonyl (C=O) groups is 1. The van der Waals surface area contributed by atoms with Gasteiger partial charge in [0, 0.05) is 0 Å². The minimum atomic E-state index is -0.797. The Morgan fingerprint density at radius 2 is 2.05 bits per heavy atom. The van der Waals surface area contributed by atoms with Crippen LogP contribution in [0.15, 0.2) is 45.7 Å². The van der Waals surface area contributed by atoms with Crippen molar-refractivity contribution >= 4 is 35.7 Å². The summed E-state index contributed by atoms with van der Waals surface area (Å²) in [5.74, 6) is -0.878. The molecule has 2 rings (SSSR count). The van der Waals surface area contributed by atoms with Crippen molar-refractivity contribution in [3.63, 3.8) is 0 Å². The molecule has 7 nitrogen and oxygen atoms in total. The first-order valence-electron chi connectivity index (χ1n) is 5.28. The molecule has 1 aliphatic heterocycles. The molecule has 19 heavy (non-hydrogen) atoms. The van der Waals surface area contributed by atoms with E-state index in [1.54, 1.807) is 19.1 Å². The average Bonchev–Trinajstić information content (AvgIpc) is 2.64. The number of rotatable bonds is 2. The number of hydrazone groups is 1. The number of hydrogen-bond acceptors (Lipinski definition) is 5. The Hall–Kier alpha value is -2.28. The number of hydrogen-bond donors (Lipinski definition) is 2. The van der Waals surface area contributed by atoms with Gasteiger partial charge in [-0.25, -0.2) is 0 Å². The zero-order valence-corrected chi connectivity index (χ0v) is 11.0. The monoisotopic (exact) mass is 280 g/mol. The Labute approximate surface area is 116 Å². The lowest BCUT2D eigenvalue weighted by atomic mass is 10.2. The van der Waals surface area contributed by atoms with Gasteiger partial charge in [0.25, 0.3) is 5.91 Å². The maximum atomic E-state index is 11.8. The van der Waals surface area contributed by atoms with Crippen LogP contribution in [0.5, 0.6) is 0 Å². The molecular formula is C11H13ClN6O. The number of guanidine groups is 1. The summed E-state index contributed by atoms with van der Waals surface area (Å²) >= 11 is 0. The van der Waals surface area contributed by atoms with Gasteiger partial charge in [0.05, 0.1) is 11.4 Å². The number of halogens is 1. The van der Waals surface area contributed by atoms with E-state index in [1.165, 1.54) is 0 Å². The van der Waals surface area contributed by atoms with E-state index in [0.717, 1.165) is 5.01 Å². The van der Waals surface area contributed by atoms with Gasteiger partial charge in [0.2, 0.25) is 5.96 Å². The maximum absolute atomic E-state index is 11.8. The van der Waals surface area contributed by atoms with Crippen LogP contribution in [0.2, 0.25) is 0 Å². The highest BCUT2D eigenvalue weighted by Crippen LogP contribution is 2.16. The first-order chi connectivity index (χ1) is 8.59. The van der Waals surface area contributed by atoms with Gasteiger partial charge in [-0.05, 0) is 19.1 Å². The van der Waals surface area contributed by atoms with Gasteiger partial charge in [-0.1, -0.05) is 18.2 Å². The van der Waals surface area contributed by atoms with Crippen molar-refractivity contribution < 1.29 is 4.79 Å². The highest BCUT2D eigenvalue weighted by molar-refractivity contribution is 6.15. The third kappa shape index (κ3) is 3.14. The summed E-state index contributed by atoms with van der Waals surface area (Å²) in [6.45, 7) is 1.65. The Kier molecular flexibility index (Phi) is 4.71. The zero-order chi connectivity index (χ0) is 13.1. The van der Waals surface area contributed by atoms with Gasteiger partial charge in [-0.15, -0.1) is 12.4 Å². The fourth-order valence-corrected chi connectivity index (χ4v) is 1.48. The molecule has 1 atom stereocenters. The number of nitrogens with one attached hydrogen (secondary N) is 1. The van der Waals surface area contributed by atoms with Crippen LogP contribution in [0.4, 0.5) is 5.69 Å². The van der Waals surface area contributed by atoms with Crippen LogP contribution in [-0.4, -0.2) is 28.6 Å². The summed E-state index contributed by atoms with van der Waals surface area (Å²) in [4.78, 5) is 11.8. The number of nitrogens with two attached hydrogens (primary N) is 1. The van der Waals surface area contributed by atoms with Gasteiger partial charge < -0.3 is 5.73 Å². The first-order valence-corrected chi connectivity index (χ1v) is 5.28. The lowest BCUT2D eigenvalue weighted by Crippen LogP contribution is -2.38. The summed E-state index contributed by atoms with van der Waals surface area (Å²) < 4.78 is 0. The van der Waals surface area contributed by atoms with E-state index >= 15 is 0 Å². The predicted molar refractivity (Wildman–Crippen MR) is 73.9 cm³/mol. The van der Waals surface area contributed by atoms with Crippen LogP contribution in [0, 0.1) is 5.41 Å². The molecule has 0 aromatic heterocycles. The highest BCUT2D eigenvalue weighted by Gasteiger charge is 2.35. The van der Waals surface area contributed by atoms with Gasteiger partial charge in [0.15, 0.2) is 6.04 Å². The molecule has 1 amide bonds. The van der Waals surface area contributed by atoms with Gasteiger partial charge in [0.1, 0.15) is 0 Å². The van der Waals surface area contributed by atoms with Crippen LogP contribution < -0.4 is 5.73 Å². The Morgan fingerprint density at radius 3 is 2.58 bits per heavy atom. The number of nitrogens with zero attached hydrogens (tertiary/aromatic N) is 4. The fraction of sp³-hybridized carbons (Fsp3) is 0.182. The largest absolute Gasteiger partial charge is 0.368 e. The molecule has 1 unspecified atom stereocenters. The number of amides is 1. The molecule has 0 bridgehead atoms. The molecule has 8 heteroatoms. The highest BCUT2D eigenvalue weighted by atomic mass is 35.5. The van der Waals surface area contributed by atoms with Crippen molar-refractivity contribution in [2.45, 2.75) is 13.0 Å². The SMILES string of the molecule is CC1=NN(C(=N)N)C(=O)C1N=Nc1ccccc1.Cl. The summed E-state index contributed by atoms with van der Waals surface area (Å²) in [6.07, 6.45) is 0. The molecule has 100 valence electrons. The quantitative estimate of drug-likeness (QED) is 0.488. The molecule has 1 heterocycles. The standard InChI is InChI=1S/C11H12N6O.ClH/c1-7-9(10(18)17(16-7)11(12)13)15-14-8-5-3-2-4-6-8;/h2-6,9H,1H3,(H3,12,13);1H. The second kappa shape index (κ2) is 6.05. The summed E-state index contributed by atoms with van der Waals surface area (Å²) in [5, 5.41) is 19.8. The second-order valence-corrected chi connectivity index (χ2v) is 3.73. The molecule has 0 saturated carbocycles. The van der Waals surface area contributed by atoms with Crippen LogP contribution in [0.25, 0.3) is 0 Å². The zero-order valence-electron chi connectivity index (χ0n) is 10.1. The average molecular weight is 281 g/mol. The van der Waals surface area contributed by atoms with E-state index in [-0.39, 0.29) is 12.4 Å². The topological polar surface area (TPSA) is 107 Å². The van der Waals surface area contributed by atoms with Crippen molar-refractivity contribution in [2.75, 3.05) is 0 Å². The molecule has 0 saturated heterocycles. The van der Waals surface area contributed by atoms with Crippen LogP contribution >= 0.6 is 12.4 Å². The maximum Gasteiger partial charge on any atom is 0.282 e. The van der Waals surface area contributed by atoms with Crippen LogP contribution in [0.3, 0.4) is 0 Å². The van der Waals surface area contributed by atoms with E-state index in [9.17, 15) is 4.79 Å². The molecule has 1 aromatic rings. The van der Waals surface area contributed by atoms with Crippen molar-refractivity contribution in [2.24, 2.45) is 21.1 Å². The Bertz CT molecular complexity index is 541. The lowest BCUT2D eigenvalue weighted by molar-refractivity contribution is -0.126. The minimum Gasteiger partial charge on any atom is -0.368 e. The minimum absolute atomic E-state index is 0. The third-order valence-corrected chi connectivity index (χ3v) is 2.37. The second-order valence-electron chi connectivity index (χ2n) is 3.73. The molecule has 1 aromatic carbocycles. The lowest BCUT2D eigenvalue weighted by Gasteiger charge is -2.08. The molecule has 1 aliphatic rings. The van der Waals surface area contributed by atoms with E-state index in [4.69, 9.17) is 11.1 Å². The van der Waals surface area contributed by atoms with Crippen LogP contribution in [-0.2, 0) is 4.79 Å². The molecule has 0 fully saturated rings. The van der Waals surface area contributed by atoms with Gasteiger partial charge >= 0.3 is 0 Å². The number of benzene rings is 1. The summed E-state index contributed by atoms with van der Waals surface area (Å²) in [7, 11) is 0.